The van der Waals surface area contributed by atoms with E-state index in [4.69, 9.17) is 9.47 Å². The van der Waals surface area contributed by atoms with E-state index in [0.29, 0.717) is 0 Å². The van der Waals surface area contributed by atoms with Gasteiger partial charge >= 0.3 is 12.1 Å². The zero-order valence-electron chi connectivity index (χ0n) is 14.6. The van der Waals surface area contributed by atoms with E-state index in [9.17, 15) is 14.4 Å². The number of ketones is 1. The average Bonchev–Trinajstić information content (AvgIpc) is 2.48. The molecule has 0 aliphatic rings. The molecule has 1 atom stereocenters. The van der Waals surface area contributed by atoms with Crippen molar-refractivity contribution < 1.29 is 23.9 Å². The number of rotatable bonds is 7. The maximum absolute atomic E-state index is 12.2. The zero-order chi connectivity index (χ0) is 18.2. The van der Waals surface area contributed by atoms with Crippen molar-refractivity contribution in [1.82, 2.24) is 5.32 Å². The van der Waals surface area contributed by atoms with E-state index in [1.807, 2.05) is 30.3 Å². The largest absolute Gasteiger partial charge is 0.459 e. The van der Waals surface area contributed by atoms with Gasteiger partial charge in [0.25, 0.3) is 0 Å². The molecule has 24 heavy (non-hydrogen) atoms. The van der Waals surface area contributed by atoms with Crippen LogP contribution in [0.5, 0.6) is 0 Å². The third kappa shape index (κ3) is 8.31. The van der Waals surface area contributed by atoms with E-state index in [2.05, 4.69) is 5.32 Å². The summed E-state index contributed by atoms with van der Waals surface area (Å²) in [5.74, 6) is -0.659. The van der Waals surface area contributed by atoms with Crippen molar-refractivity contribution in [2.24, 2.45) is 0 Å². The van der Waals surface area contributed by atoms with E-state index in [-0.39, 0.29) is 25.2 Å². The Morgan fingerprint density at radius 1 is 1.12 bits per heavy atom. The van der Waals surface area contributed by atoms with Gasteiger partial charge in [0.1, 0.15) is 24.0 Å². The van der Waals surface area contributed by atoms with E-state index < -0.39 is 23.7 Å². The van der Waals surface area contributed by atoms with E-state index in [0.717, 1.165) is 5.56 Å². The molecule has 0 saturated heterocycles. The van der Waals surface area contributed by atoms with Gasteiger partial charge in [-0.3, -0.25) is 0 Å². The second kappa shape index (κ2) is 9.05. The Kier molecular flexibility index (Phi) is 7.42. The number of carbonyl (C=O) groups excluding carboxylic acids is 3. The molecule has 0 aliphatic carbocycles. The molecule has 1 rings (SSSR count). The molecule has 6 heteroatoms. The lowest BCUT2D eigenvalue weighted by Crippen LogP contribution is -2.44. The fourth-order valence-electron chi connectivity index (χ4n) is 1.88. The number of hydrogen-bond acceptors (Lipinski definition) is 5. The molecular weight excluding hydrogens is 310 g/mol. The first-order valence-electron chi connectivity index (χ1n) is 7.87. The number of esters is 1. The van der Waals surface area contributed by atoms with Crippen molar-refractivity contribution in [3.63, 3.8) is 0 Å². The Morgan fingerprint density at radius 2 is 1.75 bits per heavy atom. The number of amides is 1. The first-order valence-corrected chi connectivity index (χ1v) is 7.87. The molecule has 0 aliphatic heterocycles. The van der Waals surface area contributed by atoms with Crippen LogP contribution in [0.1, 0.15) is 46.1 Å². The van der Waals surface area contributed by atoms with Gasteiger partial charge in [-0.2, -0.15) is 0 Å². The summed E-state index contributed by atoms with van der Waals surface area (Å²) in [6, 6.07) is 8.29. The molecule has 132 valence electrons. The summed E-state index contributed by atoms with van der Waals surface area (Å²) in [5.41, 5.74) is 0.164. The molecule has 0 bridgehead atoms. The SMILES string of the molecule is CC(=O)CC[C@@H](NC(=O)OC(C)(C)C)C(=O)OCc1ccccc1. The predicted octanol–water partition coefficient (Wildman–Crippen LogP) is 2.99. The van der Waals surface area contributed by atoms with Crippen LogP contribution >= 0.6 is 0 Å². The molecule has 0 spiro atoms. The van der Waals surface area contributed by atoms with Gasteiger partial charge in [-0.05, 0) is 39.7 Å². The number of benzene rings is 1. The van der Waals surface area contributed by atoms with Gasteiger partial charge in [-0.1, -0.05) is 30.3 Å². The van der Waals surface area contributed by atoms with Crippen LogP contribution in [0.2, 0.25) is 0 Å². The molecule has 0 heterocycles. The van der Waals surface area contributed by atoms with Crippen LogP contribution in [0.3, 0.4) is 0 Å². The Labute approximate surface area is 142 Å². The molecule has 0 saturated carbocycles. The fraction of sp³-hybridized carbons (Fsp3) is 0.500. The van der Waals surface area contributed by atoms with Gasteiger partial charge in [-0.25, -0.2) is 9.59 Å². The van der Waals surface area contributed by atoms with Crippen molar-refractivity contribution >= 4 is 17.8 Å². The monoisotopic (exact) mass is 335 g/mol. The van der Waals surface area contributed by atoms with E-state index >= 15 is 0 Å². The summed E-state index contributed by atoms with van der Waals surface area (Å²) in [7, 11) is 0. The fourth-order valence-corrected chi connectivity index (χ4v) is 1.88. The average molecular weight is 335 g/mol. The highest BCUT2D eigenvalue weighted by molar-refractivity contribution is 5.82. The van der Waals surface area contributed by atoms with Crippen molar-refractivity contribution in [2.75, 3.05) is 0 Å². The van der Waals surface area contributed by atoms with Crippen LogP contribution in [-0.4, -0.2) is 29.5 Å². The van der Waals surface area contributed by atoms with Crippen LogP contribution in [-0.2, 0) is 25.7 Å². The predicted molar refractivity (Wildman–Crippen MR) is 89.3 cm³/mol. The third-order valence-corrected chi connectivity index (χ3v) is 2.98. The molecule has 1 aromatic carbocycles. The second-order valence-electron chi connectivity index (χ2n) is 6.53. The maximum Gasteiger partial charge on any atom is 0.408 e. The van der Waals surface area contributed by atoms with Crippen molar-refractivity contribution in [1.29, 1.82) is 0 Å². The number of carbonyl (C=O) groups is 3. The van der Waals surface area contributed by atoms with Crippen LogP contribution in [0.4, 0.5) is 4.79 Å². The van der Waals surface area contributed by atoms with Crippen LogP contribution < -0.4 is 5.32 Å². The first-order chi connectivity index (χ1) is 11.2. The minimum atomic E-state index is -0.924. The van der Waals surface area contributed by atoms with Gasteiger partial charge in [0.15, 0.2) is 0 Å². The Bertz CT molecular complexity index is 563. The van der Waals surface area contributed by atoms with Crippen molar-refractivity contribution in [3.05, 3.63) is 35.9 Å². The van der Waals surface area contributed by atoms with Gasteiger partial charge in [-0.15, -0.1) is 0 Å². The summed E-state index contributed by atoms with van der Waals surface area (Å²) >= 11 is 0. The Balaban J connectivity index is 2.64. The standard InChI is InChI=1S/C18H25NO5/c1-13(20)10-11-15(19-17(22)24-18(2,3)4)16(21)23-12-14-8-6-5-7-9-14/h5-9,15H,10-12H2,1-4H3,(H,19,22)/t15-/m1/s1. The molecule has 0 unspecified atom stereocenters. The highest BCUT2D eigenvalue weighted by Gasteiger charge is 2.25. The summed E-state index contributed by atoms with van der Waals surface area (Å²) in [5, 5.41) is 2.48. The smallest absolute Gasteiger partial charge is 0.408 e. The van der Waals surface area contributed by atoms with Gasteiger partial charge in [0.2, 0.25) is 0 Å². The highest BCUT2D eigenvalue weighted by Crippen LogP contribution is 2.09. The lowest BCUT2D eigenvalue weighted by atomic mass is 10.1. The van der Waals surface area contributed by atoms with Crippen LogP contribution in [0.15, 0.2) is 30.3 Å². The lowest BCUT2D eigenvalue weighted by molar-refractivity contribution is -0.147. The molecule has 1 amide bonds. The molecular formula is C18H25NO5. The summed E-state index contributed by atoms with van der Waals surface area (Å²) in [6.07, 6.45) is -0.379. The zero-order valence-corrected chi connectivity index (χ0v) is 14.6. The first kappa shape index (κ1) is 19.7. The van der Waals surface area contributed by atoms with Crippen LogP contribution in [0.25, 0.3) is 0 Å². The van der Waals surface area contributed by atoms with E-state index in [1.165, 1.54) is 6.92 Å². The minimum Gasteiger partial charge on any atom is -0.459 e. The van der Waals surface area contributed by atoms with Crippen LogP contribution in [0, 0.1) is 0 Å². The Morgan fingerprint density at radius 3 is 2.29 bits per heavy atom. The van der Waals surface area contributed by atoms with Gasteiger partial charge in [0, 0.05) is 6.42 Å². The number of alkyl carbamates (subject to hydrolysis) is 1. The number of Topliss-reactive ketones (excluding diaryl/α,β-unsaturated/α-hetero) is 1. The topological polar surface area (TPSA) is 81.7 Å². The molecule has 0 aromatic heterocycles. The normalized spacial score (nSPS) is 12.2. The molecule has 0 radical (unpaired) electrons. The second-order valence-corrected chi connectivity index (χ2v) is 6.53. The molecule has 0 fully saturated rings. The molecule has 1 N–H and O–H groups in total. The molecule has 1 aromatic rings. The minimum absolute atomic E-state index is 0.0677. The van der Waals surface area contributed by atoms with E-state index in [1.54, 1.807) is 20.8 Å². The summed E-state index contributed by atoms with van der Waals surface area (Å²) < 4.78 is 10.4. The van der Waals surface area contributed by atoms with Gasteiger partial charge in [0.05, 0.1) is 0 Å². The van der Waals surface area contributed by atoms with Crippen molar-refractivity contribution in [3.8, 4) is 0 Å². The quantitative estimate of drug-likeness (QED) is 0.775. The highest BCUT2D eigenvalue weighted by atomic mass is 16.6. The third-order valence-electron chi connectivity index (χ3n) is 2.98. The number of ether oxygens (including phenoxy) is 2. The lowest BCUT2D eigenvalue weighted by Gasteiger charge is -2.22. The molecule has 6 nitrogen and oxygen atoms in total. The summed E-state index contributed by atoms with van der Waals surface area (Å²) in [4.78, 5) is 35.3. The number of nitrogens with one attached hydrogen (secondary N) is 1. The van der Waals surface area contributed by atoms with Gasteiger partial charge < -0.3 is 19.6 Å². The summed E-state index contributed by atoms with van der Waals surface area (Å²) in [6.45, 7) is 6.72. The maximum atomic E-state index is 12.2. The van der Waals surface area contributed by atoms with Crippen molar-refractivity contribution in [2.45, 2.75) is 58.8 Å². The Hall–Kier alpha value is -2.37. The number of hydrogen-bond donors (Lipinski definition) is 1.